The van der Waals surface area contributed by atoms with Crippen molar-refractivity contribution in [1.82, 2.24) is 0 Å². The molecule has 2 nitrogen and oxygen atoms in total. The van der Waals surface area contributed by atoms with E-state index in [1.807, 2.05) is 30.3 Å². The molecular weight excluding hydrogens is 311 g/mol. The fourth-order valence-corrected chi connectivity index (χ4v) is 2.08. The molecule has 0 fully saturated rings. The Morgan fingerprint density at radius 3 is 2.58 bits per heavy atom. The standard InChI is InChI=1S/C15H14BrFO2/c16-9-14(18)13-7-6-12(17)8-15(13)19-10-11-4-2-1-3-5-11/h1-8,14,18H,9-10H2. The smallest absolute Gasteiger partial charge is 0.128 e. The molecule has 1 unspecified atom stereocenters. The van der Waals surface area contributed by atoms with Crippen molar-refractivity contribution in [3.05, 3.63) is 65.5 Å². The first-order chi connectivity index (χ1) is 9.20. The van der Waals surface area contributed by atoms with Crippen LogP contribution in [0.1, 0.15) is 17.2 Å². The van der Waals surface area contributed by atoms with E-state index in [-0.39, 0.29) is 5.82 Å². The minimum absolute atomic E-state index is 0.340. The Kier molecular flexibility index (Phi) is 4.93. The fourth-order valence-electron chi connectivity index (χ4n) is 1.73. The zero-order valence-electron chi connectivity index (χ0n) is 10.2. The zero-order chi connectivity index (χ0) is 13.7. The Labute approximate surface area is 120 Å². The average molecular weight is 325 g/mol. The first-order valence-electron chi connectivity index (χ1n) is 5.91. The van der Waals surface area contributed by atoms with Crippen molar-refractivity contribution in [2.24, 2.45) is 0 Å². The van der Waals surface area contributed by atoms with Crippen LogP contribution in [-0.2, 0) is 6.61 Å². The third kappa shape index (κ3) is 3.78. The molecule has 2 aromatic rings. The first kappa shape index (κ1) is 14.0. The molecule has 2 rings (SSSR count). The molecule has 0 radical (unpaired) electrons. The van der Waals surface area contributed by atoms with Crippen LogP contribution in [0.3, 0.4) is 0 Å². The average Bonchev–Trinajstić information content (AvgIpc) is 2.45. The van der Waals surface area contributed by atoms with E-state index in [1.54, 1.807) is 6.07 Å². The van der Waals surface area contributed by atoms with Gasteiger partial charge in [0.1, 0.15) is 18.2 Å². The van der Waals surface area contributed by atoms with Crippen molar-refractivity contribution in [2.45, 2.75) is 12.7 Å². The zero-order valence-corrected chi connectivity index (χ0v) is 11.8. The third-order valence-corrected chi connectivity index (χ3v) is 3.33. The molecule has 0 saturated carbocycles. The number of alkyl halides is 1. The normalized spacial score (nSPS) is 12.2. The topological polar surface area (TPSA) is 29.5 Å². The minimum Gasteiger partial charge on any atom is -0.488 e. The second-order valence-corrected chi connectivity index (χ2v) is 4.77. The second-order valence-electron chi connectivity index (χ2n) is 4.13. The lowest BCUT2D eigenvalue weighted by Crippen LogP contribution is -2.04. The number of halogens is 2. The number of aliphatic hydroxyl groups is 1. The highest BCUT2D eigenvalue weighted by Crippen LogP contribution is 2.28. The van der Waals surface area contributed by atoms with Gasteiger partial charge in [-0.25, -0.2) is 4.39 Å². The van der Waals surface area contributed by atoms with Crippen LogP contribution in [0, 0.1) is 5.82 Å². The maximum absolute atomic E-state index is 13.3. The van der Waals surface area contributed by atoms with Gasteiger partial charge in [0.2, 0.25) is 0 Å². The molecule has 0 heterocycles. The van der Waals surface area contributed by atoms with Crippen molar-refractivity contribution in [3.8, 4) is 5.75 Å². The monoisotopic (exact) mass is 324 g/mol. The van der Waals surface area contributed by atoms with Crippen LogP contribution in [-0.4, -0.2) is 10.4 Å². The van der Waals surface area contributed by atoms with Gasteiger partial charge in [-0.1, -0.05) is 46.3 Å². The van der Waals surface area contributed by atoms with Crippen molar-refractivity contribution in [2.75, 3.05) is 5.33 Å². The van der Waals surface area contributed by atoms with Crippen molar-refractivity contribution < 1.29 is 14.2 Å². The fraction of sp³-hybridized carbons (Fsp3) is 0.200. The third-order valence-electron chi connectivity index (χ3n) is 2.72. The maximum Gasteiger partial charge on any atom is 0.128 e. The second kappa shape index (κ2) is 6.68. The van der Waals surface area contributed by atoms with Gasteiger partial charge < -0.3 is 9.84 Å². The first-order valence-corrected chi connectivity index (χ1v) is 7.03. The molecule has 0 spiro atoms. The molecule has 2 aromatic carbocycles. The van der Waals surface area contributed by atoms with E-state index in [1.165, 1.54) is 12.1 Å². The largest absolute Gasteiger partial charge is 0.488 e. The predicted octanol–water partition coefficient (Wildman–Crippen LogP) is 3.83. The van der Waals surface area contributed by atoms with Crippen molar-refractivity contribution in [1.29, 1.82) is 0 Å². The maximum atomic E-state index is 13.3. The van der Waals surface area contributed by atoms with Crippen LogP contribution >= 0.6 is 15.9 Å². The van der Waals surface area contributed by atoms with Gasteiger partial charge in [-0.3, -0.25) is 0 Å². The number of rotatable bonds is 5. The number of benzene rings is 2. The van der Waals surface area contributed by atoms with Crippen molar-refractivity contribution in [3.63, 3.8) is 0 Å². The van der Waals surface area contributed by atoms with Crippen LogP contribution in [0.15, 0.2) is 48.5 Å². The number of hydrogen-bond donors (Lipinski definition) is 1. The molecule has 0 amide bonds. The lowest BCUT2D eigenvalue weighted by Gasteiger charge is -2.14. The van der Waals surface area contributed by atoms with Crippen LogP contribution in [0.5, 0.6) is 5.75 Å². The van der Waals surface area contributed by atoms with Gasteiger partial charge in [-0.2, -0.15) is 0 Å². The Morgan fingerprint density at radius 1 is 1.16 bits per heavy atom. The van der Waals surface area contributed by atoms with Crippen LogP contribution in [0.2, 0.25) is 0 Å². The Bertz CT molecular complexity index is 531. The summed E-state index contributed by atoms with van der Waals surface area (Å²) in [6.45, 7) is 0.340. The van der Waals surface area contributed by atoms with E-state index >= 15 is 0 Å². The summed E-state index contributed by atoms with van der Waals surface area (Å²) in [4.78, 5) is 0. The summed E-state index contributed by atoms with van der Waals surface area (Å²) in [5.74, 6) is -0.00983. The Morgan fingerprint density at radius 2 is 1.89 bits per heavy atom. The summed E-state index contributed by atoms with van der Waals surface area (Å²) in [6.07, 6.45) is -0.716. The molecule has 19 heavy (non-hydrogen) atoms. The highest BCUT2D eigenvalue weighted by atomic mass is 79.9. The molecule has 0 aliphatic carbocycles. The van der Waals surface area contributed by atoms with Gasteiger partial charge in [0.05, 0.1) is 6.10 Å². The summed E-state index contributed by atoms with van der Waals surface area (Å²) in [7, 11) is 0. The summed E-state index contributed by atoms with van der Waals surface area (Å²) >= 11 is 3.20. The van der Waals surface area contributed by atoms with Gasteiger partial charge in [0.15, 0.2) is 0 Å². The summed E-state index contributed by atoms with van der Waals surface area (Å²) in [5.41, 5.74) is 1.57. The van der Waals surface area contributed by atoms with E-state index in [0.717, 1.165) is 5.56 Å². The van der Waals surface area contributed by atoms with E-state index in [4.69, 9.17) is 4.74 Å². The number of ether oxygens (including phenoxy) is 1. The lowest BCUT2D eigenvalue weighted by atomic mass is 10.1. The number of aliphatic hydroxyl groups excluding tert-OH is 1. The van der Waals surface area contributed by atoms with E-state index in [9.17, 15) is 9.50 Å². The van der Waals surface area contributed by atoms with Crippen LogP contribution in [0.25, 0.3) is 0 Å². The molecule has 100 valence electrons. The molecule has 4 heteroatoms. The molecular formula is C15H14BrFO2. The Hall–Kier alpha value is -1.39. The van der Waals surface area contributed by atoms with Gasteiger partial charge in [0, 0.05) is 17.0 Å². The van der Waals surface area contributed by atoms with Crippen LogP contribution in [0.4, 0.5) is 4.39 Å². The number of hydrogen-bond acceptors (Lipinski definition) is 2. The highest BCUT2D eigenvalue weighted by Gasteiger charge is 2.13. The molecule has 0 aromatic heterocycles. The highest BCUT2D eigenvalue weighted by molar-refractivity contribution is 9.09. The van der Waals surface area contributed by atoms with E-state index in [2.05, 4.69) is 15.9 Å². The van der Waals surface area contributed by atoms with Crippen molar-refractivity contribution >= 4 is 15.9 Å². The van der Waals surface area contributed by atoms with Gasteiger partial charge in [0.25, 0.3) is 0 Å². The van der Waals surface area contributed by atoms with Crippen LogP contribution < -0.4 is 4.74 Å². The van der Waals surface area contributed by atoms with Gasteiger partial charge in [-0.15, -0.1) is 0 Å². The summed E-state index contributed by atoms with van der Waals surface area (Å²) < 4.78 is 18.9. The molecule has 0 saturated heterocycles. The summed E-state index contributed by atoms with van der Waals surface area (Å²) in [6, 6.07) is 13.8. The molecule has 0 aliphatic heterocycles. The van der Waals surface area contributed by atoms with Gasteiger partial charge >= 0.3 is 0 Å². The van der Waals surface area contributed by atoms with E-state index in [0.29, 0.717) is 23.2 Å². The van der Waals surface area contributed by atoms with Gasteiger partial charge in [-0.05, 0) is 17.7 Å². The molecule has 0 aliphatic rings. The Balaban J connectivity index is 2.16. The SMILES string of the molecule is OC(CBr)c1ccc(F)cc1OCc1ccccc1. The quantitative estimate of drug-likeness (QED) is 0.847. The molecule has 1 atom stereocenters. The lowest BCUT2D eigenvalue weighted by molar-refractivity contribution is 0.195. The van der Waals surface area contributed by atoms with E-state index < -0.39 is 6.10 Å². The molecule has 1 N–H and O–H groups in total. The summed E-state index contributed by atoms with van der Waals surface area (Å²) in [5, 5.41) is 10.2. The minimum atomic E-state index is -0.716. The molecule has 0 bridgehead atoms. The predicted molar refractivity (Wildman–Crippen MR) is 75.9 cm³/mol.